The monoisotopic (exact) mass is 472 g/mol. The molecule has 2 aromatic heterocycles. The van der Waals surface area contributed by atoms with E-state index in [0.717, 1.165) is 32.0 Å². The summed E-state index contributed by atoms with van der Waals surface area (Å²) in [5.74, 6) is 0.165. The minimum absolute atomic E-state index is 0.0893. The molecule has 0 bridgehead atoms. The van der Waals surface area contributed by atoms with E-state index in [9.17, 15) is 4.79 Å². The minimum atomic E-state index is -0.0893. The van der Waals surface area contributed by atoms with Crippen LogP contribution < -0.4 is 5.32 Å². The van der Waals surface area contributed by atoms with Gasteiger partial charge in [-0.15, -0.1) is 0 Å². The second kappa shape index (κ2) is 8.34. The summed E-state index contributed by atoms with van der Waals surface area (Å²) in [6, 6.07) is 17.0. The largest absolute Gasteiger partial charge is 0.325 e. The fourth-order valence-electron chi connectivity index (χ4n) is 2.64. The van der Waals surface area contributed by atoms with Gasteiger partial charge in [-0.1, -0.05) is 51.4 Å². The quantitative estimate of drug-likeness (QED) is 0.386. The van der Waals surface area contributed by atoms with E-state index < -0.39 is 0 Å². The Morgan fingerprint density at radius 3 is 2.64 bits per heavy atom. The van der Waals surface area contributed by atoms with Gasteiger partial charge in [-0.25, -0.2) is 9.50 Å². The average molecular weight is 474 g/mol. The maximum absolute atomic E-state index is 12.3. The van der Waals surface area contributed by atoms with Gasteiger partial charge in [0.1, 0.15) is 5.03 Å². The third-order valence-corrected chi connectivity index (χ3v) is 5.74. The third kappa shape index (κ3) is 4.38. The number of thioether (sulfide) groups is 1. The maximum Gasteiger partial charge on any atom is 0.234 e. The van der Waals surface area contributed by atoms with Crippen molar-refractivity contribution in [2.45, 2.75) is 5.03 Å². The van der Waals surface area contributed by atoms with Crippen LogP contribution in [0.25, 0.3) is 16.8 Å². The lowest BCUT2D eigenvalue weighted by atomic mass is 10.1. The number of fused-ring (bicyclic) bond motifs is 1. The molecule has 2 heterocycles. The Kier molecular flexibility index (Phi) is 5.66. The van der Waals surface area contributed by atoms with Gasteiger partial charge < -0.3 is 5.32 Å². The molecular weight excluding hydrogens is 460 g/mol. The van der Waals surface area contributed by atoms with E-state index in [0.29, 0.717) is 5.02 Å². The molecular formula is C20H14BrClN4OS. The van der Waals surface area contributed by atoms with Crippen LogP contribution in [0.5, 0.6) is 0 Å². The normalized spacial score (nSPS) is 10.9. The molecule has 8 heteroatoms. The van der Waals surface area contributed by atoms with Crippen molar-refractivity contribution in [1.82, 2.24) is 14.6 Å². The number of nitrogens with zero attached hydrogens (tertiary/aromatic N) is 3. The molecule has 140 valence electrons. The fraction of sp³-hybridized carbons (Fsp3) is 0.0500. The SMILES string of the molecule is O=C(CSc1nccn2nc(-c3ccc(Cl)cc3)cc12)Nc1ccc(Br)cc1. The van der Waals surface area contributed by atoms with Gasteiger partial charge in [-0.2, -0.15) is 5.10 Å². The highest BCUT2D eigenvalue weighted by molar-refractivity contribution is 9.10. The van der Waals surface area contributed by atoms with Crippen molar-refractivity contribution in [3.8, 4) is 11.3 Å². The number of amides is 1. The summed E-state index contributed by atoms with van der Waals surface area (Å²) in [7, 11) is 0. The molecule has 0 atom stereocenters. The Labute approximate surface area is 179 Å². The van der Waals surface area contributed by atoms with E-state index in [1.165, 1.54) is 11.8 Å². The van der Waals surface area contributed by atoms with Gasteiger partial charge in [0.2, 0.25) is 5.91 Å². The predicted molar refractivity (Wildman–Crippen MR) is 117 cm³/mol. The molecule has 0 unspecified atom stereocenters. The van der Waals surface area contributed by atoms with Crippen molar-refractivity contribution in [3.05, 3.63) is 76.5 Å². The van der Waals surface area contributed by atoms with Crippen LogP contribution in [0.1, 0.15) is 0 Å². The number of aromatic nitrogens is 3. The Morgan fingerprint density at radius 2 is 1.89 bits per heavy atom. The summed E-state index contributed by atoms with van der Waals surface area (Å²) in [6.07, 6.45) is 3.47. The fourth-order valence-corrected chi connectivity index (χ4v) is 3.80. The van der Waals surface area contributed by atoms with E-state index in [4.69, 9.17) is 11.6 Å². The molecule has 2 aromatic carbocycles. The number of rotatable bonds is 5. The Bertz CT molecular complexity index is 1130. The van der Waals surface area contributed by atoms with Gasteiger partial charge in [-0.3, -0.25) is 4.79 Å². The highest BCUT2D eigenvalue weighted by atomic mass is 79.9. The molecule has 4 aromatic rings. The molecule has 4 rings (SSSR count). The van der Waals surface area contributed by atoms with Crippen molar-refractivity contribution in [3.63, 3.8) is 0 Å². The molecule has 0 spiro atoms. The molecule has 0 fully saturated rings. The second-order valence-electron chi connectivity index (χ2n) is 5.94. The summed E-state index contributed by atoms with van der Waals surface area (Å²) in [6.45, 7) is 0. The molecule has 0 radical (unpaired) electrons. The lowest BCUT2D eigenvalue weighted by Crippen LogP contribution is -2.14. The predicted octanol–water partition coefficient (Wildman–Crippen LogP) is 5.54. The van der Waals surface area contributed by atoms with Crippen LogP contribution >= 0.6 is 39.3 Å². The first-order chi connectivity index (χ1) is 13.6. The average Bonchev–Trinajstić information content (AvgIpc) is 3.13. The number of carbonyl (C=O) groups is 1. The van der Waals surface area contributed by atoms with E-state index in [1.807, 2.05) is 54.6 Å². The molecule has 5 nitrogen and oxygen atoms in total. The molecule has 1 N–H and O–H groups in total. The molecule has 0 aliphatic heterocycles. The van der Waals surface area contributed by atoms with Crippen LogP contribution in [0, 0.1) is 0 Å². The zero-order chi connectivity index (χ0) is 19.5. The number of nitrogens with one attached hydrogen (secondary N) is 1. The summed E-state index contributed by atoms with van der Waals surface area (Å²) in [5, 5.41) is 8.91. The summed E-state index contributed by atoms with van der Waals surface area (Å²) in [4.78, 5) is 16.7. The summed E-state index contributed by atoms with van der Waals surface area (Å²) < 4.78 is 2.74. The lowest BCUT2D eigenvalue weighted by molar-refractivity contribution is -0.113. The van der Waals surface area contributed by atoms with Gasteiger partial charge in [0.15, 0.2) is 0 Å². The lowest BCUT2D eigenvalue weighted by Gasteiger charge is -2.05. The van der Waals surface area contributed by atoms with Gasteiger partial charge in [0, 0.05) is 33.1 Å². The second-order valence-corrected chi connectivity index (χ2v) is 8.26. The number of hydrogen-bond donors (Lipinski definition) is 1. The number of hydrogen-bond acceptors (Lipinski definition) is 4. The topological polar surface area (TPSA) is 59.3 Å². The summed E-state index contributed by atoms with van der Waals surface area (Å²) in [5.41, 5.74) is 3.41. The van der Waals surface area contributed by atoms with Gasteiger partial charge in [0.05, 0.1) is 17.0 Å². The van der Waals surface area contributed by atoms with Crippen molar-refractivity contribution in [1.29, 1.82) is 0 Å². The van der Waals surface area contributed by atoms with E-state index in [-0.39, 0.29) is 11.7 Å². The van der Waals surface area contributed by atoms with Crippen molar-refractivity contribution < 1.29 is 4.79 Å². The van der Waals surface area contributed by atoms with Gasteiger partial charge in [0.25, 0.3) is 0 Å². The van der Waals surface area contributed by atoms with Gasteiger partial charge >= 0.3 is 0 Å². The van der Waals surface area contributed by atoms with Crippen LogP contribution in [-0.4, -0.2) is 26.3 Å². The number of anilines is 1. The zero-order valence-electron chi connectivity index (χ0n) is 14.5. The van der Waals surface area contributed by atoms with Crippen LogP contribution in [0.4, 0.5) is 5.69 Å². The first kappa shape index (κ1) is 19.0. The standard InChI is InChI=1S/C20H14BrClN4OS/c21-14-3-7-16(8-4-14)24-19(27)12-28-20-18-11-17(25-26(18)10-9-23-20)13-1-5-15(22)6-2-13/h1-11H,12H2,(H,24,27). The molecule has 0 saturated carbocycles. The van der Waals surface area contributed by atoms with Crippen molar-refractivity contribution in [2.24, 2.45) is 0 Å². The number of benzene rings is 2. The first-order valence-corrected chi connectivity index (χ1v) is 10.5. The van der Waals surface area contributed by atoms with E-state index in [2.05, 4.69) is 31.3 Å². The van der Waals surface area contributed by atoms with Crippen molar-refractivity contribution >= 4 is 56.4 Å². The minimum Gasteiger partial charge on any atom is -0.325 e. The van der Waals surface area contributed by atoms with Crippen LogP contribution in [-0.2, 0) is 4.79 Å². The van der Waals surface area contributed by atoms with Crippen LogP contribution in [0.15, 0.2) is 76.5 Å². The summed E-state index contributed by atoms with van der Waals surface area (Å²) >= 11 is 10.7. The van der Waals surface area contributed by atoms with Gasteiger partial charge in [-0.05, 0) is 42.5 Å². The molecule has 0 saturated heterocycles. The molecule has 0 aliphatic carbocycles. The maximum atomic E-state index is 12.3. The van der Waals surface area contributed by atoms with Crippen LogP contribution in [0.2, 0.25) is 5.02 Å². The van der Waals surface area contributed by atoms with Crippen LogP contribution in [0.3, 0.4) is 0 Å². The molecule has 1 amide bonds. The first-order valence-electron chi connectivity index (χ1n) is 8.37. The van der Waals surface area contributed by atoms with E-state index in [1.54, 1.807) is 16.9 Å². The molecule has 28 heavy (non-hydrogen) atoms. The Hall–Kier alpha value is -2.35. The number of carbonyl (C=O) groups excluding carboxylic acids is 1. The van der Waals surface area contributed by atoms with E-state index >= 15 is 0 Å². The Balaban J connectivity index is 1.50. The molecule has 0 aliphatic rings. The zero-order valence-corrected chi connectivity index (χ0v) is 17.6. The highest BCUT2D eigenvalue weighted by Crippen LogP contribution is 2.27. The van der Waals surface area contributed by atoms with Crippen molar-refractivity contribution in [2.75, 3.05) is 11.1 Å². The Morgan fingerprint density at radius 1 is 1.14 bits per heavy atom. The third-order valence-electron chi connectivity index (χ3n) is 3.96. The highest BCUT2D eigenvalue weighted by Gasteiger charge is 2.11. The smallest absolute Gasteiger partial charge is 0.234 e. The number of halogens is 2.